The second-order valence-electron chi connectivity index (χ2n) is 5.98. The number of piperazine rings is 1. The zero-order valence-electron chi connectivity index (χ0n) is 13.7. The summed E-state index contributed by atoms with van der Waals surface area (Å²) < 4.78 is 13.0. The Bertz CT molecular complexity index is 539. The number of benzene rings is 1. The minimum atomic E-state index is -0.369. The molecular weight excluding hydrogens is 297 g/mol. The van der Waals surface area contributed by atoms with E-state index in [4.69, 9.17) is 0 Å². The highest BCUT2D eigenvalue weighted by Crippen LogP contribution is 2.11. The van der Waals surface area contributed by atoms with Crippen LogP contribution in [-0.2, 0) is 4.79 Å². The first-order valence-electron chi connectivity index (χ1n) is 8.04. The molecule has 0 aliphatic carbocycles. The number of nitrogens with one attached hydrogen (secondary N) is 1. The lowest BCUT2D eigenvalue weighted by Crippen LogP contribution is -2.47. The molecule has 6 heteroatoms. The van der Waals surface area contributed by atoms with Crippen molar-refractivity contribution in [3.63, 3.8) is 0 Å². The highest BCUT2D eigenvalue weighted by molar-refractivity contribution is 5.94. The number of hydrogen-bond acceptors (Lipinski definition) is 3. The molecular formula is C17H24FN3O2. The molecule has 0 spiro atoms. The van der Waals surface area contributed by atoms with Crippen molar-refractivity contribution in [1.29, 1.82) is 0 Å². The number of carbonyl (C=O) groups excluding carboxylic acids is 2. The van der Waals surface area contributed by atoms with Gasteiger partial charge in [-0.1, -0.05) is 0 Å². The average molecular weight is 321 g/mol. The van der Waals surface area contributed by atoms with Gasteiger partial charge in [0.15, 0.2) is 0 Å². The Morgan fingerprint density at radius 1 is 1.22 bits per heavy atom. The molecule has 2 amide bonds. The van der Waals surface area contributed by atoms with Crippen molar-refractivity contribution >= 4 is 11.8 Å². The Kier molecular flexibility index (Phi) is 6.10. The van der Waals surface area contributed by atoms with Gasteiger partial charge in [0.2, 0.25) is 5.91 Å². The van der Waals surface area contributed by atoms with Crippen LogP contribution >= 0.6 is 0 Å². The first kappa shape index (κ1) is 17.4. The van der Waals surface area contributed by atoms with E-state index in [1.807, 2.05) is 18.7 Å². The van der Waals surface area contributed by atoms with Crippen LogP contribution in [0.4, 0.5) is 4.39 Å². The third-order valence-corrected chi connectivity index (χ3v) is 4.01. The lowest BCUT2D eigenvalue weighted by molar-refractivity contribution is -0.132. The summed E-state index contributed by atoms with van der Waals surface area (Å²) in [5.41, 5.74) is 0.440. The van der Waals surface area contributed by atoms with Crippen LogP contribution < -0.4 is 5.32 Å². The van der Waals surface area contributed by atoms with E-state index >= 15 is 0 Å². The van der Waals surface area contributed by atoms with Gasteiger partial charge in [-0.05, 0) is 38.1 Å². The second-order valence-corrected chi connectivity index (χ2v) is 5.98. The topological polar surface area (TPSA) is 52.7 Å². The Morgan fingerprint density at radius 3 is 2.39 bits per heavy atom. The van der Waals surface area contributed by atoms with Gasteiger partial charge in [0.05, 0.1) is 0 Å². The molecule has 1 fully saturated rings. The Hall–Kier alpha value is -1.95. The minimum absolute atomic E-state index is 0.0247. The maximum Gasteiger partial charge on any atom is 0.254 e. The van der Waals surface area contributed by atoms with Gasteiger partial charge >= 0.3 is 0 Å². The molecule has 0 bridgehead atoms. The molecule has 1 aromatic rings. The van der Waals surface area contributed by atoms with Gasteiger partial charge in [-0.25, -0.2) is 4.39 Å². The van der Waals surface area contributed by atoms with E-state index in [1.165, 1.54) is 24.3 Å². The van der Waals surface area contributed by atoms with Gasteiger partial charge in [-0.15, -0.1) is 0 Å². The van der Waals surface area contributed by atoms with Gasteiger partial charge in [-0.3, -0.25) is 9.59 Å². The molecule has 5 nitrogen and oxygen atoms in total. The van der Waals surface area contributed by atoms with Gasteiger partial charge in [0, 0.05) is 50.7 Å². The summed E-state index contributed by atoms with van der Waals surface area (Å²) >= 11 is 0. The predicted octanol–water partition coefficient (Wildman–Crippen LogP) is 1.50. The van der Waals surface area contributed by atoms with Crippen LogP contribution in [0.25, 0.3) is 0 Å². The summed E-state index contributed by atoms with van der Waals surface area (Å²) in [4.78, 5) is 28.3. The van der Waals surface area contributed by atoms with Crippen LogP contribution in [0.2, 0.25) is 0 Å². The van der Waals surface area contributed by atoms with Gasteiger partial charge < -0.3 is 15.1 Å². The molecule has 1 aliphatic heterocycles. The highest BCUT2D eigenvalue weighted by Gasteiger charge is 2.22. The fourth-order valence-electron chi connectivity index (χ4n) is 2.64. The minimum Gasteiger partial charge on any atom is -0.340 e. The molecule has 0 saturated carbocycles. The van der Waals surface area contributed by atoms with Crippen LogP contribution in [0.5, 0.6) is 0 Å². The average Bonchev–Trinajstić information content (AvgIpc) is 2.55. The van der Waals surface area contributed by atoms with Crippen molar-refractivity contribution in [2.45, 2.75) is 26.3 Å². The number of hydrogen-bond donors (Lipinski definition) is 1. The molecule has 1 saturated heterocycles. The van der Waals surface area contributed by atoms with Gasteiger partial charge in [-0.2, -0.15) is 0 Å². The van der Waals surface area contributed by atoms with E-state index < -0.39 is 0 Å². The van der Waals surface area contributed by atoms with Gasteiger partial charge in [0.1, 0.15) is 5.82 Å². The largest absolute Gasteiger partial charge is 0.340 e. The van der Waals surface area contributed by atoms with Crippen LogP contribution in [-0.4, -0.2) is 60.4 Å². The molecule has 1 aromatic carbocycles. The lowest BCUT2D eigenvalue weighted by Gasteiger charge is -2.30. The SMILES string of the molecule is CC(C)N(CCC(=O)N1CCNCC1)C(=O)c1ccc(F)cc1. The van der Waals surface area contributed by atoms with Crippen LogP contribution in [0.1, 0.15) is 30.6 Å². The summed E-state index contributed by atoms with van der Waals surface area (Å²) in [6.45, 7) is 7.26. The first-order valence-corrected chi connectivity index (χ1v) is 8.04. The Balaban J connectivity index is 1.96. The van der Waals surface area contributed by atoms with Gasteiger partial charge in [0.25, 0.3) is 5.91 Å². The molecule has 23 heavy (non-hydrogen) atoms. The highest BCUT2D eigenvalue weighted by atomic mass is 19.1. The maximum atomic E-state index is 13.0. The molecule has 1 heterocycles. The number of rotatable bonds is 5. The number of halogens is 1. The van der Waals surface area contributed by atoms with E-state index in [-0.39, 0.29) is 23.7 Å². The maximum absolute atomic E-state index is 13.0. The number of carbonyl (C=O) groups is 2. The molecule has 1 N–H and O–H groups in total. The predicted molar refractivity (Wildman–Crippen MR) is 86.6 cm³/mol. The summed E-state index contributed by atoms with van der Waals surface area (Å²) in [5, 5.41) is 3.21. The first-order chi connectivity index (χ1) is 11.0. The molecule has 1 aliphatic rings. The molecule has 126 valence electrons. The zero-order valence-corrected chi connectivity index (χ0v) is 13.7. The van der Waals surface area contributed by atoms with Crippen molar-refractivity contribution in [2.75, 3.05) is 32.7 Å². The van der Waals surface area contributed by atoms with E-state index in [0.717, 1.165) is 13.1 Å². The quantitative estimate of drug-likeness (QED) is 0.894. The summed E-state index contributed by atoms with van der Waals surface area (Å²) in [5.74, 6) is -0.469. The molecule has 0 radical (unpaired) electrons. The van der Waals surface area contributed by atoms with Crippen molar-refractivity contribution in [1.82, 2.24) is 15.1 Å². The third kappa shape index (κ3) is 4.76. The standard InChI is InChI=1S/C17H24FN3O2/c1-13(2)21(17(23)14-3-5-15(18)6-4-14)10-7-16(22)20-11-8-19-9-12-20/h3-6,13,19H,7-12H2,1-2H3. The molecule has 0 unspecified atom stereocenters. The Morgan fingerprint density at radius 2 is 1.83 bits per heavy atom. The fourth-order valence-corrected chi connectivity index (χ4v) is 2.64. The van der Waals surface area contributed by atoms with Crippen molar-refractivity contribution in [3.05, 3.63) is 35.6 Å². The zero-order chi connectivity index (χ0) is 16.8. The number of amides is 2. The normalized spacial score (nSPS) is 14.9. The second kappa shape index (κ2) is 8.06. The summed E-state index contributed by atoms with van der Waals surface area (Å²) in [6.07, 6.45) is 0.311. The fraction of sp³-hybridized carbons (Fsp3) is 0.529. The third-order valence-electron chi connectivity index (χ3n) is 4.01. The van der Waals surface area contributed by atoms with Crippen LogP contribution in [0.3, 0.4) is 0 Å². The molecule has 0 aromatic heterocycles. The summed E-state index contributed by atoms with van der Waals surface area (Å²) in [7, 11) is 0. The van der Waals surface area contributed by atoms with E-state index in [1.54, 1.807) is 4.90 Å². The summed E-state index contributed by atoms with van der Waals surface area (Å²) in [6, 6.07) is 5.48. The smallest absolute Gasteiger partial charge is 0.254 e. The van der Waals surface area contributed by atoms with E-state index in [2.05, 4.69) is 5.32 Å². The monoisotopic (exact) mass is 321 g/mol. The van der Waals surface area contributed by atoms with E-state index in [9.17, 15) is 14.0 Å². The molecule has 2 rings (SSSR count). The van der Waals surface area contributed by atoms with Crippen molar-refractivity contribution in [2.24, 2.45) is 0 Å². The Labute approximate surface area is 136 Å². The van der Waals surface area contributed by atoms with Crippen molar-refractivity contribution < 1.29 is 14.0 Å². The molecule has 0 atom stereocenters. The van der Waals surface area contributed by atoms with E-state index in [0.29, 0.717) is 31.6 Å². The van der Waals surface area contributed by atoms with Crippen molar-refractivity contribution in [3.8, 4) is 0 Å². The van der Waals surface area contributed by atoms with Crippen LogP contribution in [0.15, 0.2) is 24.3 Å². The van der Waals surface area contributed by atoms with Crippen LogP contribution in [0, 0.1) is 5.82 Å². The lowest BCUT2D eigenvalue weighted by atomic mass is 10.1. The number of nitrogens with zero attached hydrogens (tertiary/aromatic N) is 2.